The van der Waals surface area contributed by atoms with E-state index >= 15 is 0 Å². The van der Waals surface area contributed by atoms with Crippen molar-refractivity contribution in [2.45, 2.75) is 13.8 Å². The second-order valence-corrected chi connectivity index (χ2v) is 7.29. The number of carbonyl (C=O) groups is 1. The zero-order valence-corrected chi connectivity index (χ0v) is 16.7. The first-order chi connectivity index (χ1) is 13.5. The van der Waals surface area contributed by atoms with Crippen molar-refractivity contribution in [3.05, 3.63) is 81.5 Å². The third-order valence-corrected chi connectivity index (χ3v) is 5.08. The average molecular weight is 394 g/mol. The van der Waals surface area contributed by atoms with E-state index in [4.69, 9.17) is 9.47 Å². The predicted octanol–water partition coefficient (Wildman–Crippen LogP) is 5.45. The number of rotatable bonds is 8. The van der Waals surface area contributed by atoms with E-state index in [1.807, 2.05) is 61.7 Å². The number of aliphatic carboxylic acids is 1. The Labute approximate surface area is 168 Å². The van der Waals surface area contributed by atoms with Crippen LogP contribution in [0.4, 0.5) is 0 Å². The lowest BCUT2D eigenvalue weighted by Crippen LogP contribution is -2.10. The van der Waals surface area contributed by atoms with Crippen LogP contribution in [-0.4, -0.2) is 24.3 Å². The number of ether oxygens (including phenoxy) is 2. The molecule has 3 rings (SSSR count). The van der Waals surface area contributed by atoms with Gasteiger partial charge in [-0.05, 0) is 54.6 Å². The number of thiophene rings is 1. The van der Waals surface area contributed by atoms with Gasteiger partial charge in [0.25, 0.3) is 0 Å². The monoisotopic (exact) mass is 394 g/mol. The minimum absolute atomic E-state index is 0.248. The van der Waals surface area contributed by atoms with Crippen LogP contribution in [0, 0.1) is 13.8 Å². The topological polar surface area (TPSA) is 55.8 Å². The predicted molar refractivity (Wildman–Crippen MR) is 113 cm³/mol. The summed E-state index contributed by atoms with van der Waals surface area (Å²) in [6.07, 6.45) is 1.65. The van der Waals surface area contributed by atoms with Gasteiger partial charge >= 0.3 is 5.97 Å². The van der Waals surface area contributed by atoms with Crippen LogP contribution in [0.25, 0.3) is 11.6 Å². The fourth-order valence-corrected chi connectivity index (χ4v) is 3.46. The largest absolute Gasteiger partial charge is 0.490 e. The van der Waals surface area contributed by atoms with Gasteiger partial charge < -0.3 is 14.6 Å². The van der Waals surface area contributed by atoms with Gasteiger partial charge in [0.05, 0.1) is 5.57 Å². The van der Waals surface area contributed by atoms with Crippen molar-refractivity contribution in [3.8, 4) is 11.5 Å². The first kappa shape index (κ1) is 19.7. The minimum atomic E-state index is -0.962. The molecule has 28 heavy (non-hydrogen) atoms. The SMILES string of the molecule is Cc1ccc(C)c(OCCOc2ccccc2C=C(C(=O)O)c2cccs2)c1. The maximum Gasteiger partial charge on any atom is 0.337 e. The molecule has 0 bridgehead atoms. The van der Waals surface area contributed by atoms with Crippen LogP contribution in [0.15, 0.2) is 60.0 Å². The lowest BCUT2D eigenvalue weighted by Gasteiger charge is -2.12. The number of para-hydroxylation sites is 1. The quantitative estimate of drug-likeness (QED) is 0.408. The van der Waals surface area contributed by atoms with E-state index in [-0.39, 0.29) is 5.57 Å². The second kappa shape index (κ2) is 9.24. The highest BCUT2D eigenvalue weighted by Crippen LogP contribution is 2.27. The molecule has 0 aliphatic carbocycles. The molecule has 0 saturated heterocycles. The van der Waals surface area contributed by atoms with Crippen molar-refractivity contribution in [2.75, 3.05) is 13.2 Å². The molecule has 4 nitrogen and oxygen atoms in total. The Morgan fingerprint density at radius 2 is 1.75 bits per heavy atom. The number of carboxylic acids is 1. The number of carboxylic acid groups (broad SMARTS) is 1. The summed E-state index contributed by atoms with van der Waals surface area (Å²) in [5, 5.41) is 11.4. The molecule has 0 spiro atoms. The molecule has 0 amide bonds. The molecule has 1 N–H and O–H groups in total. The van der Waals surface area contributed by atoms with Gasteiger partial charge in [0, 0.05) is 10.4 Å². The highest BCUT2D eigenvalue weighted by Gasteiger charge is 2.13. The molecule has 5 heteroatoms. The van der Waals surface area contributed by atoms with E-state index in [1.54, 1.807) is 12.1 Å². The number of hydrogen-bond donors (Lipinski definition) is 1. The van der Waals surface area contributed by atoms with Crippen molar-refractivity contribution in [3.63, 3.8) is 0 Å². The van der Waals surface area contributed by atoms with Crippen molar-refractivity contribution >= 4 is 29.0 Å². The summed E-state index contributed by atoms with van der Waals surface area (Å²) in [4.78, 5) is 12.4. The van der Waals surface area contributed by atoms with E-state index in [0.29, 0.717) is 23.8 Å². The Morgan fingerprint density at radius 1 is 1.00 bits per heavy atom. The van der Waals surface area contributed by atoms with Crippen LogP contribution in [0.1, 0.15) is 21.6 Å². The highest BCUT2D eigenvalue weighted by molar-refractivity contribution is 7.11. The molecule has 2 aromatic carbocycles. The fraction of sp³-hybridized carbons (Fsp3) is 0.174. The maximum absolute atomic E-state index is 11.7. The number of benzene rings is 2. The Hall–Kier alpha value is -3.05. The third-order valence-electron chi connectivity index (χ3n) is 4.18. The lowest BCUT2D eigenvalue weighted by atomic mass is 10.1. The van der Waals surface area contributed by atoms with Crippen LogP contribution in [0.5, 0.6) is 11.5 Å². The summed E-state index contributed by atoms with van der Waals surface area (Å²) < 4.78 is 11.7. The smallest absolute Gasteiger partial charge is 0.337 e. The van der Waals surface area contributed by atoms with Crippen molar-refractivity contribution in [2.24, 2.45) is 0 Å². The summed E-state index contributed by atoms with van der Waals surface area (Å²) in [6.45, 7) is 4.80. The molecule has 0 unspecified atom stereocenters. The molecule has 1 heterocycles. The third kappa shape index (κ3) is 5.02. The van der Waals surface area contributed by atoms with Crippen molar-refractivity contribution < 1.29 is 19.4 Å². The standard InChI is InChI=1S/C23H22O4S/c1-16-9-10-17(2)21(14-16)27-12-11-26-20-7-4-3-6-18(20)15-19(23(24)25)22-8-5-13-28-22/h3-10,13-15H,11-12H2,1-2H3,(H,24,25). The van der Waals surface area contributed by atoms with Gasteiger partial charge in [-0.2, -0.15) is 0 Å². The molecule has 0 fully saturated rings. The molecule has 0 saturated carbocycles. The molecule has 0 aliphatic heterocycles. The Kier molecular flexibility index (Phi) is 6.50. The summed E-state index contributed by atoms with van der Waals surface area (Å²) in [5.74, 6) is 0.514. The minimum Gasteiger partial charge on any atom is -0.490 e. The van der Waals surface area contributed by atoms with Gasteiger partial charge in [-0.1, -0.05) is 36.4 Å². The van der Waals surface area contributed by atoms with Gasteiger partial charge in [0.2, 0.25) is 0 Å². The summed E-state index contributed by atoms with van der Waals surface area (Å²) in [7, 11) is 0. The summed E-state index contributed by atoms with van der Waals surface area (Å²) in [5.41, 5.74) is 3.19. The zero-order chi connectivity index (χ0) is 19.9. The van der Waals surface area contributed by atoms with E-state index in [1.165, 1.54) is 11.3 Å². The fourth-order valence-electron chi connectivity index (χ4n) is 2.72. The Balaban J connectivity index is 1.69. The first-order valence-corrected chi connectivity index (χ1v) is 9.83. The van der Waals surface area contributed by atoms with E-state index in [2.05, 4.69) is 6.07 Å². The molecule has 1 aromatic heterocycles. The van der Waals surface area contributed by atoms with Crippen LogP contribution in [0.3, 0.4) is 0 Å². The van der Waals surface area contributed by atoms with Gasteiger partial charge in [-0.15, -0.1) is 11.3 Å². The van der Waals surface area contributed by atoms with Crippen LogP contribution < -0.4 is 9.47 Å². The van der Waals surface area contributed by atoms with Crippen molar-refractivity contribution in [1.82, 2.24) is 0 Å². The average Bonchev–Trinajstić information content (AvgIpc) is 3.21. The van der Waals surface area contributed by atoms with E-state index in [0.717, 1.165) is 22.4 Å². The summed E-state index contributed by atoms with van der Waals surface area (Å²) >= 11 is 1.40. The highest BCUT2D eigenvalue weighted by atomic mass is 32.1. The van der Waals surface area contributed by atoms with Gasteiger partial charge in [-0.25, -0.2) is 4.79 Å². The van der Waals surface area contributed by atoms with Gasteiger partial charge in [0.1, 0.15) is 24.7 Å². The van der Waals surface area contributed by atoms with E-state index in [9.17, 15) is 9.90 Å². The molecular weight excluding hydrogens is 372 g/mol. The first-order valence-electron chi connectivity index (χ1n) is 8.95. The van der Waals surface area contributed by atoms with E-state index < -0.39 is 5.97 Å². The molecular formula is C23H22O4S. The maximum atomic E-state index is 11.7. The molecule has 3 aromatic rings. The number of aryl methyl sites for hydroxylation is 2. The van der Waals surface area contributed by atoms with Gasteiger partial charge in [0.15, 0.2) is 0 Å². The second-order valence-electron chi connectivity index (χ2n) is 6.34. The molecule has 0 aliphatic rings. The summed E-state index contributed by atoms with van der Waals surface area (Å²) in [6, 6.07) is 17.1. The van der Waals surface area contributed by atoms with Crippen LogP contribution in [0.2, 0.25) is 0 Å². The molecule has 0 radical (unpaired) electrons. The number of hydrogen-bond acceptors (Lipinski definition) is 4. The van der Waals surface area contributed by atoms with Crippen LogP contribution >= 0.6 is 11.3 Å². The van der Waals surface area contributed by atoms with Gasteiger partial charge in [-0.3, -0.25) is 0 Å². The molecule has 0 atom stereocenters. The van der Waals surface area contributed by atoms with Crippen LogP contribution in [-0.2, 0) is 4.79 Å². The lowest BCUT2D eigenvalue weighted by molar-refractivity contribution is -0.130. The Bertz CT molecular complexity index is 974. The van der Waals surface area contributed by atoms with Crippen molar-refractivity contribution in [1.29, 1.82) is 0 Å². The normalized spacial score (nSPS) is 11.3. The molecule has 144 valence electrons. The zero-order valence-electron chi connectivity index (χ0n) is 15.8. The Morgan fingerprint density at radius 3 is 2.46 bits per heavy atom.